The fourth-order valence-corrected chi connectivity index (χ4v) is 11.8. The van der Waals surface area contributed by atoms with Gasteiger partial charge in [-0.25, -0.2) is 0 Å². The van der Waals surface area contributed by atoms with Crippen molar-refractivity contribution < 1.29 is 48.4 Å². The molecule has 30 heteroatoms. The molecule has 0 fully saturated rings. The summed E-state index contributed by atoms with van der Waals surface area (Å²) >= 11 is 2.85. The summed E-state index contributed by atoms with van der Waals surface area (Å²) in [5.41, 5.74) is 16.1. The Morgan fingerprint density at radius 2 is 1.17 bits per heavy atom. The minimum atomic E-state index is -4.74. The normalized spacial score (nSPS) is 12.0. The lowest BCUT2D eigenvalue weighted by molar-refractivity contribution is 0.398. The second-order valence-corrected chi connectivity index (χ2v) is 21.5. The Balaban J connectivity index is 0.000000434. The molecule has 9 N–H and O–H groups in total. The maximum absolute atomic E-state index is 12.4. The molecule has 4 aromatic carbocycles. The van der Waals surface area contributed by atoms with Crippen LogP contribution in [0.3, 0.4) is 0 Å². The molecule has 0 saturated heterocycles. The molecule has 0 aliphatic rings. The molecular formula is C41H49N13O11S6. The van der Waals surface area contributed by atoms with Gasteiger partial charge < -0.3 is 41.4 Å². The zero-order valence-corrected chi connectivity index (χ0v) is 43.7. The predicted octanol–water partition coefficient (Wildman–Crippen LogP) is 8.03. The molecule has 0 spiro atoms. The Hall–Kier alpha value is -6.25. The minimum Gasteiger partial charge on any atom is -0.495 e. The number of benzene rings is 4. The number of rotatable bonds is 20. The number of anilines is 8. The minimum absolute atomic E-state index is 0.0434. The Bertz CT molecular complexity index is 3420. The molecule has 0 saturated carbocycles. The smallest absolute Gasteiger partial charge is 0.299 e. The fraction of sp³-hybridized carbons (Fsp3) is 0.293. The zero-order valence-electron chi connectivity index (χ0n) is 38.8. The first-order valence-electron chi connectivity index (χ1n) is 21.1. The van der Waals surface area contributed by atoms with E-state index < -0.39 is 41.0 Å². The van der Waals surface area contributed by atoms with Gasteiger partial charge in [0.1, 0.15) is 32.0 Å². The van der Waals surface area contributed by atoms with Gasteiger partial charge >= 0.3 is 0 Å². The Kier molecular flexibility index (Phi) is 17.4. The van der Waals surface area contributed by atoms with Crippen molar-refractivity contribution in [2.24, 2.45) is 10.2 Å². The lowest BCUT2D eigenvalue weighted by atomic mass is 10.2. The number of ether oxygens (including phenoxy) is 2. The van der Waals surface area contributed by atoms with Crippen LogP contribution in [0.1, 0.15) is 27.7 Å². The number of azo groups is 1. The largest absolute Gasteiger partial charge is 0.495 e. The fourth-order valence-electron chi connectivity index (χ4n) is 6.93. The van der Waals surface area contributed by atoms with Crippen LogP contribution in [0.2, 0.25) is 0 Å². The van der Waals surface area contributed by atoms with E-state index >= 15 is 0 Å². The van der Waals surface area contributed by atoms with Crippen molar-refractivity contribution in [3.05, 3.63) is 60.7 Å². The first-order valence-corrected chi connectivity index (χ1v) is 28.1. The summed E-state index contributed by atoms with van der Waals surface area (Å²) in [6.45, 7) is 11.1. The van der Waals surface area contributed by atoms with Crippen molar-refractivity contribution in [1.82, 2.24) is 23.7 Å². The van der Waals surface area contributed by atoms with Crippen LogP contribution in [-0.4, -0.2) is 115 Å². The number of hydrogen-bond donors (Lipinski definition) is 7. The van der Waals surface area contributed by atoms with E-state index in [2.05, 4.69) is 54.4 Å². The van der Waals surface area contributed by atoms with Gasteiger partial charge in [-0.15, -0.1) is 10.2 Å². The van der Waals surface area contributed by atoms with Gasteiger partial charge in [-0.1, -0.05) is 11.8 Å². The van der Waals surface area contributed by atoms with Crippen LogP contribution in [0.5, 0.6) is 11.5 Å². The highest BCUT2D eigenvalue weighted by Crippen LogP contribution is 2.42. The highest BCUT2D eigenvalue weighted by Gasteiger charge is 2.26. The van der Waals surface area contributed by atoms with Crippen LogP contribution in [-0.2, 0) is 30.4 Å². The van der Waals surface area contributed by atoms with Crippen molar-refractivity contribution in [1.29, 1.82) is 0 Å². The molecule has 0 unspecified atom stereocenters. The Morgan fingerprint density at radius 3 is 1.70 bits per heavy atom. The summed E-state index contributed by atoms with van der Waals surface area (Å²) in [5, 5.41) is 15.9. The second kappa shape index (κ2) is 22.9. The molecule has 0 radical (unpaired) electrons. The van der Waals surface area contributed by atoms with Crippen LogP contribution in [0.4, 0.5) is 56.0 Å². The first-order chi connectivity index (χ1) is 33.6. The average Bonchev–Trinajstić information content (AvgIpc) is 3.91. The third-order valence-corrected chi connectivity index (χ3v) is 15.4. The molecule has 0 aliphatic carbocycles. The lowest BCUT2D eigenvalue weighted by Gasteiger charge is -2.22. The highest BCUT2D eigenvalue weighted by molar-refractivity contribution is 8.00. The summed E-state index contributed by atoms with van der Waals surface area (Å²) < 4.78 is 117. The molecule has 0 atom stereocenters. The summed E-state index contributed by atoms with van der Waals surface area (Å²) in [4.78, 5) is 17.1. The van der Waals surface area contributed by atoms with Crippen molar-refractivity contribution in [3.63, 3.8) is 0 Å². The number of methoxy groups -OCH3 is 2. The average molecular weight is 1090 g/mol. The van der Waals surface area contributed by atoms with E-state index in [1.165, 1.54) is 26.4 Å². The summed E-state index contributed by atoms with van der Waals surface area (Å²) in [6.07, 6.45) is 0. The third kappa shape index (κ3) is 13.2. The van der Waals surface area contributed by atoms with E-state index in [-0.39, 0.29) is 65.5 Å². The van der Waals surface area contributed by atoms with Gasteiger partial charge in [0.2, 0.25) is 11.9 Å². The van der Waals surface area contributed by atoms with Crippen molar-refractivity contribution in [2.75, 3.05) is 83.8 Å². The standard InChI is InChI=1S/C33H41N11O7S4.C8H8N2O4S2/c1-6-43(7-2)20-10-12-22(34)25(18-20)35-31-37-32(39-33(38-31)52-16-17-54(45,46)47)36-26-19-21(44(8-3)9-4)11-13-23(26)40-41-30-28-24(42-53-30)14-15-27(51-5)29(28)55(48,49)50;1-14-5-3-2-4-6(8(9)15-10-4)7(5)16(11,12)13/h10-15,18-19H,6-9,16-17,34H2,1-5H3,(H,45,46,47)(H,48,49,50)(H2,35,36,37,38,39);2-3H,9H2,1H3,(H,11,12,13). The van der Waals surface area contributed by atoms with Gasteiger partial charge in [-0.05, 0) is 111 Å². The van der Waals surface area contributed by atoms with Crippen molar-refractivity contribution in [2.45, 2.75) is 42.6 Å². The molecule has 0 bridgehead atoms. The monoisotopic (exact) mass is 1090 g/mol. The number of nitrogen functional groups attached to an aromatic ring is 2. The molecule has 380 valence electrons. The summed E-state index contributed by atoms with van der Waals surface area (Å²) in [7, 11) is -10.8. The van der Waals surface area contributed by atoms with Gasteiger partial charge in [0.15, 0.2) is 10.2 Å². The highest BCUT2D eigenvalue weighted by atomic mass is 32.2. The van der Waals surface area contributed by atoms with Gasteiger partial charge in [0.05, 0.1) is 58.8 Å². The SMILES string of the molecule is CCN(CC)c1ccc(N)c(Nc2nc(Nc3cc(N(CC)CC)ccc3N=Nc3snc4ccc(OC)c(S(=O)(=O)O)c34)nc(SCCS(=O)(=O)O)n2)c1.COc1ccc2nsc(N)c2c1S(=O)(=O)O. The predicted molar refractivity (Wildman–Crippen MR) is 279 cm³/mol. The van der Waals surface area contributed by atoms with Gasteiger partial charge in [-0.3, -0.25) is 13.7 Å². The quantitative estimate of drug-likeness (QED) is 0.0164. The molecular weight excluding hydrogens is 1040 g/mol. The van der Waals surface area contributed by atoms with E-state index in [1.54, 1.807) is 24.3 Å². The number of fused-ring (bicyclic) bond motifs is 2. The number of aromatic nitrogens is 5. The van der Waals surface area contributed by atoms with Crippen LogP contribution >= 0.6 is 34.8 Å². The Labute approximate surface area is 421 Å². The van der Waals surface area contributed by atoms with E-state index in [0.717, 1.165) is 59.3 Å². The maximum Gasteiger partial charge on any atom is 0.299 e. The van der Waals surface area contributed by atoms with Crippen LogP contribution in [0.25, 0.3) is 21.8 Å². The molecule has 24 nitrogen and oxygen atoms in total. The van der Waals surface area contributed by atoms with Gasteiger partial charge in [0.25, 0.3) is 30.4 Å². The summed E-state index contributed by atoms with van der Waals surface area (Å²) in [5.74, 6) is -0.453. The number of hydrogen-bond acceptors (Lipinski definition) is 24. The van der Waals surface area contributed by atoms with E-state index in [0.29, 0.717) is 41.4 Å². The second-order valence-electron chi connectivity index (χ2n) is 14.6. The van der Waals surface area contributed by atoms with E-state index in [4.69, 9.17) is 25.5 Å². The third-order valence-electron chi connectivity index (χ3n) is 10.3. The molecule has 3 heterocycles. The molecule has 7 rings (SSSR count). The van der Waals surface area contributed by atoms with Crippen LogP contribution in [0.15, 0.2) is 85.8 Å². The van der Waals surface area contributed by atoms with E-state index in [9.17, 15) is 34.4 Å². The summed E-state index contributed by atoms with van der Waals surface area (Å²) in [6, 6.07) is 16.9. The van der Waals surface area contributed by atoms with Crippen LogP contribution < -0.4 is 41.4 Å². The lowest BCUT2D eigenvalue weighted by Crippen LogP contribution is -2.21. The molecule has 71 heavy (non-hydrogen) atoms. The molecule has 7 aromatic rings. The first kappa shape index (κ1) is 54.1. The van der Waals surface area contributed by atoms with Crippen molar-refractivity contribution >= 4 is 143 Å². The van der Waals surface area contributed by atoms with Crippen LogP contribution in [0, 0.1) is 0 Å². The number of nitrogens with two attached hydrogens (primary N) is 2. The molecule has 0 aliphatic heterocycles. The number of nitrogens with zero attached hydrogens (tertiary/aromatic N) is 9. The zero-order chi connectivity index (χ0) is 51.8. The van der Waals surface area contributed by atoms with Crippen molar-refractivity contribution in [3.8, 4) is 11.5 Å². The number of nitrogens with one attached hydrogen (secondary N) is 2. The van der Waals surface area contributed by atoms with Gasteiger partial charge in [0, 0.05) is 43.3 Å². The molecule has 0 amide bonds. The Morgan fingerprint density at radius 1 is 0.662 bits per heavy atom. The van der Waals surface area contributed by atoms with E-state index in [1.807, 2.05) is 52.0 Å². The number of thioether (sulfide) groups is 1. The topological polar surface area (TPSA) is 353 Å². The van der Waals surface area contributed by atoms with Gasteiger partial charge in [-0.2, -0.15) is 49.0 Å². The maximum atomic E-state index is 12.4. The molecule has 3 aromatic heterocycles.